The van der Waals surface area contributed by atoms with E-state index in [1.165, 1.54) is 29.5 Å². The van der Waals surface area contributed by atoms with Crippen LogP contribution in [-0.2, 0) is 24.1 Å². The van der Waals surface area contributed by atoms with Gasteiger partial charge in [-0.25, -0.2) is 0 Å². The molecule has 0 N–H and O–H groups in total. The molecule has 0 fully saturated rings. The molecule has 1 aromatic rings. The molecule has 0 unspecified atom stereocenters. The third-order valence-corrected chi connectivity index (χ3v) is 3.36. The van der Waals surface area contributed by atoms with E-state index in [2.05, 4.69) is 6.07 Å². The van der Waals surface area contributed by atoms with Crippen molar-refractivity contribution >= 4 is 17.9 Å². The number of aryl methyl sites for hydroxylation is 2. The number of rotatable bonds is 3. The summed E-state index contributed by atoms with van der Waals surface area (Å²) in [6.45, 7) is 0. The van der Waals surface area contributed by atoms with Gasteiger partial charge in [-0.3, -0.25) is 0 Å². The quantitative estimate of drug-likeness (QED) is 0.717. The Morgan fingerprint density at radius 1 is 1.27 bits per heavy atom. The molecular formula is C13H15ClO. The smallest absolute Gasteiger partial charge is 0.120 e. The van der Waals surface area contributed by atoms with Crippen LogP contribution in [0.3, 0.4) is 0 Å². The zero-order valence-electron chi connectivity index (χ0n) is 8.76. The highest BCUT2D eigenvalue weighted by molar-refractivity contribution is 6.31. The molecule has 15 heavy (non-hydrogen) atoms. The van der Waals surface area contributed by atoms with Gasteiger partial charge in [0.15, 0.2) is 0 Å². The topological polar surface area (TPSA) is 17.1 Å². The van der Waals surface area contributed by atoms with Crippen LogP contribution < -0.4 is 0 Å². The fourth-order valence-corrected chi connectivity index (χ4v) is 2.60. The SMILES string of the molecule is O=CCCc1cc(Cl)c2c(c1)CCCC2. The van der Waals surface area contributed by atoms with Gasteiger partial charge in [-0.2, -0.15) is 0 Å². The van der Waals surface area contributed by atoms with E-state index in [0.29, 0.717) is 6.42 Å². The van der Waals surface area contributed by atoms with E-state index >= 15 is 0 Å². The van der Waals surface area contributed by atoms with E-state index < -0.39 is 0 Å². The molecule has 0 aliphatic heterocycles. The zero-order chi connectivity index (χ0) is 10.7. The van der Waals surface area contributed by atoms with Crippen molar-refractivity contribution in [3.63, 3.8) is 0 Å². The van der Waals surface area contributed by atoms with Crippen LogP contribution in [0.2, 0.25) is 5.02 Å². The van der Waals surface area contributed by atoms with Gasteiger partial charge in [0.05, 0.1) is 0 Å². The summed E-state index contributed by atoms with van der Waals surface area (Å²) in [6, 6.07) is 4.25. The number of carbonyl (C=O) groups excluding carboxylic acids is 1. The van der Waals surface area contributed by atoms with E-state index in [9.17, 15) is 4.79 Å². The van der Waals surface area contributed by atoms with Crippen molar-refractivity contribution in [2.75, 3.05) is 0 Å². The predicted octanol–water partition coefficient (Wildman–Crippen LogP) is 3.35. The minimum Gasteiger partial charge on any atom is -0.303 e. The maximum absolute atomic E-state index is 10.3. The molecule has 1 nitrogen and oxygen atoms in total. The Kier molecular flexibility index (Phi) is 3.42. The Labute approximate surface area is 95.4 Å². The number of fused-ring (bicyclic) bond motifs is 1. The standard InChI is InChI=1S/C13H15ClO/c14-13-9-10(4-3-7-15)8-11-5-1-2-6-12(11)13/h7-9H,1-6H2. The monoisotopic (exact) mass is 222 g/mol. The molecule has 2 heteroatoms. The highest BCUT2D eigenvalue weighted by Crippen LogP contribution is 2.29. The summed E-state index contributed by atoms with van der Waals surface area (Å²) in [6.07, 6.45) is 7.14. The molecule has 0 bridgehead atoms. The van der Waals surface area contributed by atoms with Gasteiger partial charge < -0.3 is 4.79 Å². The first-order valence-corrected chi connectivity index (χ1v) is 5.93. The van der Waals surface area contributed by atoms with E-state index in [1.807, 2.05) is 6.07 Å². The fraction of sp³-hybridized carbons (Fsp3) is 0.462. The van der Waals surface area contributed by atoms with Crippen LogP contribution >= 0.6 is 11.6 Å². The Hall–Kier alpha value is -0.820. The molecule has 0 amide bonds. The summed E-state index contributed by atoms with van der Waals surface area (Å²) in [4.78, 5) is 10.3. The van der Waals surface area contributed by atoms with Crippen LogP contribution in [-0.4, -0.2) is 6.29 Å². The second kappa shape index (κ2) is 4.80. The Morgan fingerprint density at radius 2 is 2.07 bits per heavy atom. The lowest BCUT2D eigenvalue weighted by molar-refractivity contribution is -0.107. The van der Waals surface area contributed by atoms with Crippen molar-refractivity contribution in [3.8, 4) is 0 Å². The molecule has 0 spiro atoms. The van der Waals surface area contributed by atoms with Crippen LogP contribution in [0.4, 0.5) is 0 Å². The first-order valence-electron chi connectivity index (χ1n) is 5.55. The van der Waals surface area contributed by atoms with Crippen LogP contribution in [0.15, 0.2) is 12.1 Å². The molecule has 0 saturated heterocycles. The third kappa shape index (κ3) is 2.40. The molecule has 1 aliphatic rings. The zero-order valence-corrected chi connectivity index (χ0v) is 9.52. The minimum absolute atomic E-state index is 0.592. The minimum atomic E-state index is 0.592. The van der Waals surface area contributed by atoms with Gasteiger partial charge in [0.2, 0.25) is 0 Å². The largest absolute Gasteiger partial charge is 0.303 e. The van der Waals surface area contributed by atoms with Crippen LogP contribution in [0.5, 0.6) is 0 Å². The molecule has 2 rings (SSSR count). The first-order chi connectivity index (χ1) is 7.31. The van der Waals surface area contributed by atoms with Crippen molar-refractivity contribution in [2.24, 2.45) is 0 Å². The molecule has 0 radical (unpaired) electrons. The Balaban J connectivity index is 2.27. The predicted molar refractivity (Wildman–Crippen MR) is 62.5 cm³/mol. The number of aldehydes is 1. The number of hydrogen-bond donors (Lipinski definition) is 0. The number of benzene rings is 1. The van der Waals surface area contributed by atoms with E-state index in [4.69, 9.17) is 11.6 Å². The second-order valence-corrected chi connectivity index (χ2v) is 4.53. The lowest BCUT2D eigenvalue weighted by Crippen LogP contribution is -2.04. The molecular weight excluding hydrogens is 208 g/mol. The maximum atomic E-state index is 10.3. The van der Waals surface area contributed by atoms with Gasteiger partial charge in [-0.05, 0) is 54.9 Å². The Morgan fingerprint density at radius 3 is 2.87 bits per heavy atom. The molecule has 80 valence electrons. The average Bonchev–Trinajstić information content (AvgIpc) is 2.26. The van der Waals surface area contributed by atoms with Crippen molar-refractivity contribution in [3.05, 3.63) is 33.8 Å². The lowest BCUT2D eigenvalue weighted by Gasteiger charge is -2.18. The highest BCUT2D eigenvalue weighted by atomic mass is 35.5. The van der Waals surface area contributed by atoms with Gasteiger partial charge >= 0.3 is 0 Å². The molecule has 0 atom stereocenters. The average molecular weight is 223 g/mol. The maximum Gasteiger partial charge on any atom is 0.120 e. The van der Waals surface area contributed by atoms with Crippen molar-refractivity contribution in [1.82, 2.24) is 0 Å². The number of hydrogen-bond acceptors (Lipinski definition) is 1. The van der Waals surface area contributed by atoms with Crippen LogP contribution in [0.25, 0.3) is 0 Å². The van der Waals surface area contributed by atoms with Gasteiger partial charge in [0.25, 0.3) is 0 Å². The summed E-state index contributed by atoms with van der Waals surface area (Å²) in [7, 11) is 0. The van der Waals surface area contributed by atoms with Crippen molar-refractivity contribution in [2.45, 2.75) is 38.5 Å². The molecule has 1 aliphatic carbocycles. The first kappa shape index (κ1) is 10.7. The van der Waals surface area contributed by atoms with Gasteiger partial charge in [-0.15, -0.1) is 0 Å². The molecule has 0 heterocycles. The summed E-state index contributed by atoms with van der Waals surface area (Å²) in [5.74, 6) is 0. The fourth-order valence-electron chi connectivity index (χ4n) is 2.25. The lowest BCUT2D eigenvalue weighted by atomic mass is 9.89. The van der Waals surface area contributed by atoms with Crippen molar-refractivity contribution in [1.29, 1.82) is 0 Å². The summed E-state index contributed by atoms with van der Waals surface area (Å²) >= 11 is 6.24. The summed E-state index contributed by atoms with van der Waals surface area (Å²) in [5.41, 5.74) is 3.93. The van der Waals surface area contributed by atoms with E-state index in [0.717, 1.165) is 30.6 Å². The Bertz CT molecular complexity index is 371. The van der Waals surface area contributed by atoms with E-state index in [-0.39, 0.29) is 0 Å². The van der Waals surface area contributed by atoms with Gasteiger partial charge in [-0.1, -0.05) is 17.7 Å². The van der Waals surface area contributed by atoms with Crippen molar-refractivity contribution < 1.29 is 4.79 Å². The number of halogens is 1. The van der Waals surface area contributed by atoms with Gasteiger partial charge in [0, 0.05) is 11.4 Å². The second-order valence-electron chi connectivity index (χ2n) is 4.13. The summed E-state index contributed by atoms with van der Waals surface area (Å²) in [5, 5.41) is 0.896. The molecule has 0 aromatic heterocycles. The highest BCUT2D eigenvalue weighted by Gasteiger charge is 2.13. The van der Waals surface area contributed by atoms with E-state index in [1.54, 1.807) is 0 Å². The van der Waals surface area contributed by atoms with Gasteiger partial charge in [0.1, 0.15) is 6.29 Å². The summed E-state index contributed by atoms with van der Waals surface area (Å²) < 4.78 is 0. The molecule has 0 saturated carbocycles. The van der Waals surface area contributed by atoms with Crippen LogP contribution in [0.1, 0.15) is 36.0 Å². The third-order valence-electron chi connectivity index (χ3n) is 3.02. The molecule has 1 aromatic carbocycles. The van der Waals surface area contributed by atoms with Crippen LogP contribution in [0, 0.1) is 0 Å². The normalized spacial score (nSPS) is 14.7. The number of carbonyl (C=O) groups is 1.